The second-order valence-corrected chi connectivity index (χ2v) is 6.07. The Hall–Kier alpha value is -2.01. The van der Waals surface area contributed by atoms with Gasteiger partial charge in [-0.2, -0.15) is 5.26 Å². The fourth-order valence-electron chi connectivity index (χ4n) is 2.85. The molecule has 102 valence electrons. The van der Waals surface area contributed by atoms with Crippen LogP contribution in [0.5, 0.6) is 0 Å². The lowest BCUT2D eigenvalue weighted by molar-refractivity contribution is 0.608. The third-order valence-corrected chi connectivity index (χ3v) is 3.88. The Morgan fingerprint density at radius 1 is 1.15 bits per heavy atom. The van der Waals surface area contributed by atoms with Gasteiger partial charge >= 0.3 is 0 Å². The molecule has 0 radical (unpaired) electrons. The Bertz CT molecular complexity index is 663. The summed E-state index contributed by atoms with van der Waals surface area (Å²) in [5.74, 6) is 0.644. The highest BCUT2D eigenvalue weighted by molar-refractivity contribution is 5.98. The lowest BCUT2D eigenvalue weighted by Gasteiger charge is -2.28. The second kappa shape index (κ2) is 5.17. The molecule has 0 spiro atoms. The van der Waals surface area contributed by atoms with E-state index in [-0.39, 0.29) is 0 Å². The zero-order chi connectivity index (χ0) is 14.1. The molecule has 1 fully saturated rings. The molecule has 2 nitrogen and oxygen atoms in total. The summed E-state index contributed by atoms with van der Waals surface area (Å²) in [5.41, 5.74) is 2.06. The van der Waals surface area contributed by atoms with Crippen LogP contribution in [0.3, 0.4) is 0 Å². The first-order valence-electron chi connectivity index (χ1n) is 7.39. The molecular weight excluding hydrogens is 244 g/mol. The third-order valence-electron chi connectivity index (χ3n) is 3.88. The van der Waals surface area contributed by atoms with Crippen LogP contribution in [0.2, 0.25) is 0 Å². The predicted molar refractivity (Wildman–Crippen MR) is 83.9 cm³/mol. The van der Waals surface area contributed by atoms with E-state index < -0.39 is 0 Å². The molecule has 2 aromatic rings. The van der Waals surface area contributed by atoms with Gasteiger partial charge < -0.3 is 4.90 Å². The molecule has 2 aromatic carbocycles. The molecule has 0 aromatic heterocycles. The van der Waals surface area contributed by atoms with Gasteiger partial charge in [-0.05, 0) is 30.9 Å². The summed E-state index contributed by atoms with van der Waals surface area (Å²) in [5, 5.41) is 11.5. The van der Waals surface area contributed by atoms with Gasteiger partial charge in [-0.25, -0.2) is 0 Å². The van der Waals surface area contributed by atoms with Crippen LogP contribution in [-0.4, -0.2) is 12.6 Å². The Morgan fingerprint density at radius 2 is 1.85 bits per heavy atom. The molecule has 0 unspecified atom stereocenters. The van der Waals surface area contributed by atoms with Crippen LogP contribution in [-0.2, 0) is 0 Å². The van der Waals surface area contributed by atoms with Crippen molar-refractivity contribution in [2.75, 3.05) is 11.4 Å². The number of benzene rings is 2. The Balaban J connectivity index is 2.13. The van der Waals surface area contributed by atoms with Crippen molar-refractivity contribution in [1.82, 2.24) is 0 Å². The fraction of sp³-hybridized carbons (Fsp3) is 0.389. The molecule has 0 saturated heterocycles. The largest absolute Gasteiger partial charge is 0.368 e. The van der Waals surface area contributed by atoms with Crippen molar-refractivity contribution >= 4 is 16.5 Å². The predicted octanol–water partition coefficient (Wildman–Crippen LogP) is 4.34. The Kier molecular flexibility index (Phi) is 3.36. The van der Waals surface area contributed by atoms with Gasteiger partial charge in [0.1, 0.15) is 0 Å². The summed E-state index contributed by atoms with van der Waals surface area (Å²) in [7, 11) is 0. The lowest BCUT2D eigenvalue weighted by Crippen LogP contribution is -2.29. The molecule has 1 aliphatic rings. The zero-order valence-corrected chi connectivity index (χ0v) is 12.1. The van der Waals surface area contributed by atoms with Crippen LogP contribution in [0.4, 0.5) is 5.69 Å². The molecule has 0 heterocycles. The summed E-state index contributed by atoms with van der Waals surface area (Å²) in [4.78, 5) is 2.54. The molecule has 0 atom stereocenters. The van der Waals surface area contributed by atoms with E-state index in [4.69, 9.17) is 0 Å². The second-order valence-electron chi connectivity index (χ2n) is 6.07. The van der Waals surface area contributed by atoms with Crippen molar-refractivity contribution < 1.29 is 0 Å². The van der Waals surface area contributed by atoms with Gasteiger partial charge in [0.25, 0.3) is 0 Å². The molecule has 0 N–H and O–H groups in total. The molecule has 0 amide bonds. The van der Waals surface area contributed by atoms with Crippen molar-refractivity contribution in [2.24, 2.45) is 5.92 Å². The maximum Gasteiger partial charge on any atom is 0.0998 e. The smallest absolute Gasteiger partial charge is 0.0998 e. The number of nitriles is 1. The van der Waals surface area contributed by atoms with Crippen molar-refractivity contribution in [2.45, 2.75) is 32.7 Å². The third kappa shape index (κ3) is 2.36. The van der Waals surface area contributed by atoms with E-state index in [0.29, 0.717) is 12.0 Å². The minimum atomic E-state index is 0.644. The Morgan fingerprint density at radius 3 is 2.45 bits per heavy atom. The lowest BCUT2D eigenvalue weighted by atomic mass is 10.0. The van der Waals surface area contributed by atoms with E-state index in [0.717, 1.165) is 17.5 Å². The fourth-order valence-corrected chi connectivity index (χ4v) is 2.85. The quantitative estimate of drug-likeness (QED) is 0.821. The SMILES string of the molecule is CC(C)CN(c1ccc(C#N)c2ccccc12)C1CC1. The summed E-state index contributed by atoms with van der Waals surface area (Å²) < 4.78 is 0. The monoisotopic (exact) mass is 264 g/mol. The van der Waals surface area contributed by atoms with Gasteiger partial charge in [0.2, 0.25) is 0 Å². The Labute approximate surface area is 120 Å². The standard InChI is InChI=1S/C18H20N2/c1-13(2)12-20(15-8-9-15)18-10-7-14(11-19)16-5-3-4-6-17(16)18/h3-7,10,13,15H,8-9,12H2,1-2H3. The minimum absolute atomic E-state index is 0.644. The molecule has 0 bridgehead atoms. The first-order chi connectivity index (χ1) is 9.70. The van der Waals surface area contributed by atoms with Crippen molar-refractivity contribution in [3.8, 4) is 6.07 Å². The zero-order valence-electron chi connectivity index (χ0n) is 12.1. The van der Waals surface area contributed by atoms with Gasteiger partial charge in [0.05, 0.1) is 11.6 Å². The highest BCUT2D eigenvalue weighted by Crippen LogP contribution is 2.37. The molecule has 20 heavy (non-hydrogen) atoms. The van der Waals surface area contributed by atoms with Gasteiger partial charge in [-0.15, -0.1) is 0 Å². The topological polar surface area (TPSA) is 27.0 Å². The van der Waals surface area contributed by atoms with Crippen LogP contribution in [0.15, 0.2) is 36.4 Å². The summed E-state index contributed by atoms with van der Waals surface area (Å²) in [6, 6.07) is 15.4. The van der Waals surface area contributed by atoms with Crippen molar-refractivity contribution in [3.05, 3.63) is 42.0 Å². The van der Waals surface area contributed by atoms with E-state index >= 15 is 0 Å². The molecule has 1 aliphatic carbocycles. The molecule has 1 saturated carbocycles. The average Bonchev–Trinajstić information content (AvgIpc) is 3.28. The summed E-state index contributed by atoms with van der Waals surface area (Å²) >= 11 is 0. The maximum absolute atomic E-state index is 9.27. The summed E-state index contributed by atoms with van der Waals surface area (Å²) in [6.07, 6.45) is 2.59. The van der Waals surface area contributed by atoms with Crippen LogP contribution in [0.25, 0.3) is 10.8 Å². The maximum atomic E-state index is 9.27. The van der Waals surface area contributed by atoms with Crippen molar-refractivity contribution in [3.63, 3.8) is 0 Å². The first-order valence-corrected chi connectivity index (χ1v) is 7.39. The van der Waals surface area contributed by atoms with E-state index in [2.05, 4.69) is 49.1 Å². The summed E-state index contributed by atoms with van der Waals surface area (Å²) in [6.45, 7) is 5.61. The van der Waals surface area contributed by atoms with Gasteiger partial charge in [-0.1, -0.05) is 38.1 Å². The number of nitrogens with zero attached hydrogens (tertiary/aromatic N) is 2. The molecule has 2 heteroatoms. The number of fused-ring (bicyclic) bond motifs is 1. The van der Waals surface area contributed by atoms with Crippen LogP contribution in [0.1, 0.15) is 32.3 Å². The van der Waals surface area contributed by atoms with Crippen molar-refractivity contribution in [1.29, 1.82) is 5.26 Å². The van der Waals surface area contributed by atoms with Gasteiger partial charge in [-0.3, -0.25) is 0 Å². The number of hydrogen-bond donors (Lipinski definition) is 0. The van der Waals surface area contributed by atoms with Gasteiger partial charge in [0.15, 0.2) is 0 Å². The number of hydrogen-bond acceptors (Lipinski definition) is 2. The van der Waals surface area contributed by atoms with E-state index in [1.54, 1.807) is 0 Å². The molecular formula is C18H20N2. The highest BCUT2D eigenvalue weighted by Gasteiger charge is 2.30. The first kappa shape index (κ1) is 13.0. The van der Waals surface area contributed by atoms with Crippen LogP contribution < -0.4 is 4.90 Å². The van der Waals surface area contributed by atoms with Crippen LogP contribution in [0, 0.1) is 17.2 Å². The molecule has 0 aliphatic heterocycles. The average molecular weight is 264 g/mol. The van der Waals surface area contributed by atoms with E-state index in [1.165, 1.54) is 23.9 Å². The van der Waals surface area contributed by atoms with Crippen LogP contribution >= 0.6 is 0 Å². The van der Waals surface area contributed by atoms with Gasteiger partial charge in [0, 0.05) is 29.0 Å². The normalized spacial score (nSPS) is 14.5. The van der Waals surface area contributed by atoms with E-state index in [9.17, 15) is 5.26 Å². The number of rotatable bonds is 4. The number of anilines is 1. The highest BCUT2D eigenvalue weighted by atomic mass is 15.2. The minimum Gasteiger partial charge on any atom is -0.368 e. The molecule has 3 rings (SSSR count). The van der Waals surface area contributed by atoms with E-state index in [1.807, 2.05) is 12.1 Å².